The van der Waals surface area contributed by atoms with E-state index in [1.807, 2.05) is 51.1 Å². The van der Waals surface area contributed by atoms with E-state index in [9.17, 15) is 4.79 Å². The summed E-state index contributed by atoms with van der Waals surface area (Å²) in [6.07, 6.45) is 0. The second-order valence-corrected chi connectivity index (χ2v) is 6.81. The topological polar surface area (TPSA) is 89.3 Å². The van der Waals surface area contributed by atoms with Crippen molar-refractivity contribution in [1.29, 1.82) is 0 Å². The number of hydrazine groups is 1. The summed E-state index contributed by atoms with van der Waals surface area (Å²) >= 11 is 1.46. The Labute approximate surface area is 150 Å². The number of benzene rings is 2. The molecule has 0 radical (unpaired) electrons. The van der Waals surface area contributed by atoms with E-state index in [0.29, 0.717) is 10.9 Å². The predicted molar refractivity (Wildman–Crippen MR) is 102 cm³/mol. The number of ether oxygens (including phenoxy) is 1. The SMILES string of the molecule is Cc1ccccc1OCC(=O)Nc1c(C)cc2nc(NN)sc2c1C. The molecule has 0 aliphatic rings. The van der Waals surface area contributed by atoms with Gasteiger partial charge in [-0.05, 0) is 49.6 Å². The highest BCUT2D eigenvalue weighted by atomic mass is 32.1. The number of nitrogen functional groups attached to an aromatic ring is 1. The zero-order chi connectivity index (χ0) is 18.0. The molecule has 0 bridgehead atoms. The first-order chi connectivity index (χ1) is 12.0. The Balaban J connectivity index is 1.77. The Kier molecular flexibility index (Phi) is 4.87. The lowest BCUT2D eigenvalue weighted by molar-refractivity contribution is -0.118. The number of nitrogens with two attached hydrogens (primary N) is 1. The van der Waals surface area contributed by atoms with E-state index in [1.54, 1.807) is 0 Å². The second-order valence-electron chi connectivity index (χ2n) is 5.81. The van der Waals surface area contributed by atoms with Crippen molar-refractivity contribution in [3.05, 3.63) is 47.0 Å². The Bertz CT molecular complexity index is 936. The fourth-order valence-corrected chi connectivity index (χ4v) is 3.54. The molecule has 1 aromatic heterocycles. The van der Waals surface area contributed by atoms with Gasteiger partial charge >= 0.3 is 0 Å². The van der Waals surface area contributed by atoms with E-state index in [2.05, 4.69) is 15.7 Å². The number of fused-ring (bicyclic) bond motifs is 1. The maximum Gasteiger partial charge on any atom is 0.262 e. The van der Waals surface area contributed by atoms with Gasteiger partial charge in [-0.2, -0.15) is 0 Å². The van der Waals surface area contributed by atoms with Crippen LogP contribution in [0.15, 0.2) is 30.3 Å². The largest absolute Gasteiger partial charge is 0.483 e. The third-order valence-electron chi connectivity index (χ3n) is 3.96. The summed E-state index contributed by atoms with van der Waals surface area (Å²) in [5, 5.41) is 3.59. The monoisotopic (exact) mass is 356 g/mol. The molecular weight excluding hydrogens is 336 g/mol. The van der Waals surface area contributed by atoms with Crippen molar-refractivity contribution in [2.24, 2.45) is 5.84 Å². The Morgan fingerprint density at radius 2 is 2.00 bits per heavy atom. The van der Waals surface area contributed by atoms with Crippen LogP contribution in [0.3, 0.4) is 0 Å². The quantitative estimate of drug-likeness (QED) is 0.481. The molecule has 3 rings (SSSR count). The van der Waals surface area contributed by atoms with Crippen LogP contribution in [0.1, 0.15) is 16.7 Å². The van der Waals surface area contributed by atoms with Crippen LogP contribution in [0.2, 0.25) is 0 Å². The number of amides is 1. The van der Waals surface area contributed by atoms with Crippen molar-refractivity contribution in [1.82, 2.24) is 4.98 Å². The number of aryl methyl sites for hydroxylation is 3. The third kappa shape index (κ3) is 3.57. The molecule has 1 amide bonds. The number of nitrogens with zero attached hydrogens (tertiary/aromatic N) is 1. The first-order valence-corrected chi connectivity index (χ1v) is 8.67. The fraction of sp³-hybridized carbons (Fsp3) is 0.222. The molecule has 3 aromatic rings. The molecule has 0 unspecified atom stereocenters. The van der Waals surface area contributed by atoms with Crippen molar-refractivity contribution in [3.63, 3.8) is 0 Å². The molecule has 130 valence electrons. The van der Waals surface area contributed by atoms with E-state index < -0.39 is 0 Å². The zero-order valence-electron chi connectivity index (χ0n) is 14.3. The number of nitrogens with one attached hydrogen (secondary N) is 2. The third-order valence-corrected chi connectivity index (χ3v) is 5.08. The molecule has 25 heavy (non-hydrogen) atoms. The molecule has 1 heterocycles. The lowest BCUT2D eigenvalue weighted by Crippen LogP contribution is -2.21. The average molecular weight is 356 g/mol. The minimum absolute atomic E-state index is 0.0416. The van der Waals surface area contributed by atoms with Gasteiger partial charge in [-0.3, -0.25) is 10.2 Å². The van der Waals surface area contributed by atoms with Gasteiger partial charge in [0.05, 0.1) is 10.2 Å². The van der Waals surface area contributed by atoms with Gasteiger partial charge in [0.2, 0.25) is 0 Å². The molecule has 4 N–H and O–H groups in total. The van der Waals surface area contributed by atoms with Crippen LogP contribution in [0.25, 0.3) is 10.2 Å². The van der Waals surface area contributed by atoms with Crippen LogP contribution < -0.4 is 21.3 Å². The van der Waals surface area contributed by atoms with Crippen molar-refractivity contribution < 1.29 is 9.53 Å². The molecule has 0 aliphatic heterocycles. The summed E-state index contributed by atoms with van der Waals surface area (Å²) in [4.78, 5) is 16.7. The number of aromatic nitrogens is 1. The van der Waals surface area contributed by atoms with E-state index in [0.717, 1.165) is 32.6 Å². The summed E-state index contributed by atoms with van der Waals surface area (Å²) in [6, 6.07) is 9.56. The normalized spacial score (nSPS) is 10.7. The number of carbonyl (C=O) groups is 1. The molecule has 0 saturated carbocycles. The van der Waals surface area contributed by atoms with Gasteiger partial charge in [0.1, 0.15) is 5.75 Å². The van der Waals surface area contributed by atoms with Gasteiger partial charge in [-0.1, -0.05) is 29.5 Å². The van der Waals surface area contributed by atoms with Gasteiger partial charge in [0.25, 0.3) is 5.91 Å². The van der Waals surface area contributed by atoms with Gasteiger partial charge in [-0.15, -0.1) is 0 Å². The summed E-state index contributed by atoms with van der Waals surface area (Å²) < 4.78 is 6.61. The number of carbonyl (C=O) groups excluding carboxylic acids is 1. The molecular formula is C18H20N4O2S. The average Bonchev–Trinajstić information content (AvgIpc) is 3.01. The van der Waals surface area contributed by atoms with Crippen LogP contribution in [0.4, 0.5) is 10.8 Å². The van der Waals surface area contributed by atoms with Gasteiger partial charge in [0.15, 0.2) is 11.7 Å². The molecule has 6 nitrogen and oxygen atoms in total. The van der Waals surface area contributed by atoms with Gasteiger partial charge in [0, 0.05) is 5.69 Å². The number of anilines is 2. The number of thiazole rings is 1. The molecule has 0 saturated heterocycles. The number of para-hydroxylation sites is 1. The Morgan fingerprint density at radius 1 is 1.24 bits per heavy atom. The number of rotatable bonds is 5. The number of hydrogen-bond donors (Lipinski definition) is 3. The lowest BCUT2D eigenvalue weighted by atomic mass is 10.1. The van der Waals surface area contributed by atoms with E-state index in [1.165, 1.54) is 11.3 Å². The standard InChI is InChI=1S/C18H20N4O2S/c1-10-6-4-5-7-14(10)24-9-15(23)21-16-11(2)8-13-17(12(16)3)25-18(20-13)22-19/h4-8H,9,19H2,1-3H3,(H,20,22)(H,21,23). The van der Waals surface area contributed by atoms with Crippen LogP contribution in [0, 0.1) is 20.8 Å². The van der Waals surface area contributed by atoms with E-state index in [-0.39, 0.29) is 12.5 Å². The summed E-state index contributed by atoms with van der Waals surface area (Å²) in [6.45, 7) is 5.81. The Hall–Kier alpha value is -2.64. The van der Waals surface area contributed by atoms with Crippen LogP contribution in [0.5, 0.6) is 5.75 Å². The van der Waals surface area contributed by atoms with E-state index >= 15 is 0 Å². The van der Waals surface area contributed by atoms with Crippen LogP contribution >= 0.6 is 11.3 Å². The highest BCUT2D eigenvalue weighted by molar-refractivity contribution is 7.22. The van der Waals surface area contributed by atoms with Crippen molar-refractivity contribution >= 4 is 38.3 Å². The van der Waals surface area contributed by atoms with Crippen molar-refractivity contribution in [2.75, 3.05) is 17.3 Å². The maximum absolute atomic E-state index is 12.3. The summed E-state index contributed by atoms with van der Waals surface area (Å²) in [5.74, 6) is 5.95. The van der Waals surface area contributed by atoms with Gasteiger partial charge in [-0.25, -0.2) is 10.8 Å². The summed E-state index contributed by atoms with van der Waals surface area (Å²) in [7, 11) is 0. The minimum atomic E-state index is -0.199. The molecule has 0 atom stereocenters. The lowest BCUT2D eigenvalue weighted by Gasteiger charge is -2.13. The van der Waals surface area contributed by atoms with Crippen LogP contribution in [-0.2, 0) is 4.79 Å². The molecule has 2 aromatic carbocycles. The Morgan fingerprint density at radius 3 is 2.72 bits per heavy atom. The van der Waals surface area contributed by atoms with Crippen molar-refractivity contribution in [2.45, 2.75) is 20.8 Å². The van der Waals surface area contributed by atoms with E-state index in [4.69, 9.17) is 10.6 Å². The van der Waals surface area contributed by atoms with Crippen LogP contribution in [-0.4, -0.2) is 17.5 Å². The smallest absolute Gasteiger partial charge is 0.262 e. The zero-order valence-corrected chi connectivity index (χ0v) is 15.2. The molecule has 0 aliphatic carbocycles. The highest BCUT2D eigenvalue weighted by Gasteiger charge is 2.14. The highest BCUT2D eigenvalue weighted by Crippen LogP contribution is 2.34. The second kappa shape index (κ2) is 7.08. The summed E-state index contributed by atoms with van der Waals surface area (Å²) in [5.41, 5.74) is 7.13. The first kappa shape index (κ1) is 17.2. The minimum Gasteiger partial charge on any atom is -0.483 e. The van der Waals surface area contributed by atoms with Crippen molar-refractivity contribution in [3.8, 4) is 5.75 Å². The molecule has 0 fully saturated rings. The molecule has 7 heteroatoms. The van der Waals surface area contributed by atoms with Gasteiger partial charge < -0.3 is 10.1 Å². The first-order valence-electron chi connectivity index (χ1n) is 7.85. The molecule has 0 spiro atoms. The predicted octanol–water partition coefficient (Wildman–Crippen LogP) is 3.52. The fourth-order valence-electron chi connectivity index (χ4n) is 2.68. The number of hydrogen-bond acceptors (Lipinski definition) is 6. The maximum atomic E-state index is 12.3.